The van der Waals surface area contributed by atoms with Gasteiger partial charge in [-0.25, -0.2) is 0 Å². The zero-order valence-corrected chi connectivity index (χ0v) is 30.1. The fourth-order valence-corrected chi connectivity index (χ4v) is 8.79. The Kier molecular flexibility index (Phi) is 10.5. The van der Waals surface area contributed by atoms with Crippen molar-refractivity contribution in [2.75, 3.05) is 60.3 Å². The highest BCUT2D eigenvalue weighted by Crippen LogP contribution is 2.61. The van der Waals surface area contributed by atoms with Gasteiger partial charge in [0.15, 0.2) is 0 Å². The number of nitrogens with one attached hydrogen (secondary N) is 2. The number of carbonyl (C=O) groups excluding carboxylic acids is 2. The molecule has 8 atom stereocenters. The molecule has 1 aliphatic heterocycles. The summed E-state index contributed by atoms with van der Waals surface area (Å²) in [4.78, 5) is 37.7. The van der Waals surface area contributed by atoms with Gasteiger partial charge >= 0.3 is 0 Å². The maximum Gasteiger partial charge on any atom is 0.251 e. The Balaban J connectivity index is 1.46. The van der Waals surface area contributed by atoms with E-state index in [2.05, 4.69) is 43.5 Å². The van der Waals surface area contributed by atoms with E-state index in [-0.39, 0.29) is 24.0 Å². The number of anilines is 1. The van der Waals surface area contributed by atoms with Crippen LogP contribution in [0.5, 0.6) is 0 Å². The lowest BCUT2D eigenvalue weighted by Gasteiger charge is -2.62. The van der Waals surface area contributed by atoms with E-state index in [9.17, 15) is 14.7 Å². The number of amides is 2. The highest BCUT2D eigenvalue weighted by molar-refractivity contribution is 5.96. The molecule has 2 amide bonds. The minimum absolute atomic E-state index is 0.0819. The normalized spacial score (nSPS) is 30.8. The van der Waals surface area contributed by atoms with Crippen molar-refractivity contribution in [3.63, 3.8) is 0 Å². The van der Waals surface area contributed by atoms with E-state index in [1.54, 1.807) is 26.1 Å². The van der Waals surface area contributed by atoms with Gasteiger partial charge in [-0.3, -0.25) is 14.4 Å². The van der Waals surface area contributed by atoms with Gasteiger partial charge in [-0.15, -0.1) is 0 Å². The number of hydroxylamine groups is 2. The Morgan fingerprint density at radius 2 is 1.89 bits per heavy atom. The Morgan fingerprint density at radius 3 is 2.47 bits per heavy atom. The van der Waals surface area contributed by atoms with Gasteiger partial charge in [0.25, 0.3) is 5.91 Å². The molecular formula is C37H57N5O5. The number of aliphatic hydroxyl groups is 1. The van der Waals surface area contributed by atoms with Gasteiger partial charge in [-0.05, 0) is 93.6 Å². The predicted molar refractivity (Wildman–Crippen MR) is 186 cm³/mol. The quantitative estimate of drug-likeness (QED) is 0.331. The monoisotopic (exact) mass is 651 g/mol. The van der Waals surface area contributed by atoms with Crippen molar-refractivity contribution in [2.24, 2.45) is 29.1 Å². The summed E-state index contributed by atoms with van der Waals surface area (Å²) in [5.41, 5.74) is 4.68. The van der Waals surface area contributed by atoms with Crippen molar-refractivity contribution >= 4 is 23.1 Å². The molecule has 10 heteroatoms. The summed E-state index contributed by atoms with van der Waals surface area (Å²) in [5.74, 6) is 1.70. The Morgan fingerprint density at radius 1 is 1.17 bits per heavy atom. The number of benzene rings is 1. The van der Waals surface area contributed by atoms with Crippen molar-refractivity contribution < 1.29 is 24.3 Å². The van der Waals surface area contributed by atoms with E-state index in [0.29, 0.717) is 41.8 Å². The van der Waals surface area contributed by atoms with Gasteiger partial charge < -0.3 is 30.3 Å². The summed E-state index contributed by atoms with van der Waals surface area (Å²) in [6, 6.07) is 5.32. The number of hydrogen-bond donors (Lipinski definition) is 3. The van der Waals surface area contributed by atoms with Gasteiger partial charge in [0.05, 0.1) is 25.9 Å². The lowest BCUT2D eigenvalue weighted by Crippen LogP contribution is -2.62. The summed E-state index contributed by atoms with van der Waals surface area (Å²) in [7, 11) is 11.2. The molecule has 47 heavy (non-hydrogen) atoms. The molecule has 6 rings (SSSR count). The summed E-state index contributed by atoms with van der Waals surface area (Å²) < 4.78 is 6.10. The predicted octanol–water partition coefficient (Wildman–Crippen LogP) is 3.92. The van der Waals surface area contributed by atoms with Gasteiger partial charge in [0.1, 0.15) is 11.8 Å². The first-order chi connectivity index (χ1) is 22.2. The standard InChI is InChI=1S/C37H57N5O5/c1-21-29-17-26(37(29,3)4)18-30(21)39-36(45)33-32(22(2)43)31(20-40(6)7)47-42(33)19-23-12-11-13-28(34(23)46-10)24-14-25(35(44)38-5)16-27(15-24)41(8)9/h12,14-16,21-22,26,29-33,43H,11,13,17-20H2,1-10H3,(H,38,44)(H,39,45)/t21-,22-,26-,29+,30-,31-,32+,33-/m0/s1. The van der Waals surface area contributed by atoms with Crippen LogP contribution in [0, 0.1) is 29.1 Å². The number of aliphatic hydroxyl groups excluding tert-OH is 1. The number of ether oxygens (including phenoxy) is 1. The second-order valence-corrected chi connectivity index (χ2v) is 15.3. The molecule has 4 aliphatic carbocycles. The molecule has 4 fully saturated rings. The van der Waals surface area contributed by atoms with E-state index in [1.807, 2.05) is 50.1 Å². The third kappa shape index (κ3) is 6.84. The minimum atomic E-state index is -0.748. The van der Waals surface area contributed by atoms with Crippen molar-refractivity contribution in [2.45, 2.75) is 77.7 Å². The van der Waals surface area contributed by atoms with E-state index < -0.39 is 18.1 Å². The largest absolute Gasteiger partial charge is 0.496 e. The maximum absolute atomic E-state index is 14.3. The van der Waals surface area contributed by atoms with Crippen molar-refractivity contribution in [3.05, 3.63) is 46.7 Å². The molecule has 260 valence electrons. The van der Waals surface area contributed by atoms with Crippen molar-refractivity contribution in [1.29, 1.82) is 0 Å². The van der Waals surface area contributed by atoms with Crippen LogP contribution >= 0.6 is 0 Å². The van der Waals surface area contributed by atoms with Gasteiger partial charge in [0.2, 0.25) is 5.91 Å². The number of hydrogen-bond acceptors (Lipinski definition) is 8. The number of fused-ring (bicyclic) bond motifs is 2. The second kappa shape index (κ2) is 13.9. The summed E-state index contributed by atoms with van der Waals surface area (Å²) in [5, 5.41) is 19.1. The summed E-state index contributed by atoms with van der Waals surface area (Å²) >= 11 is 0. The van der Waals surface area contributed by atoms with Gasteiger partial charge in [-0.1, -0.05) is 26.8 Å². The van der Waals surface area contributed by atoms with Crippen LogP contribution in [-0.4, -0.2) is 107 Å². The van der Waals surface area contributed by atoms with E-state index >= 15 is 0 Å². The third-order valence-corrected chi connectivity index (χ3v) is 11.6. The topological polar surface area (TPSA) is 107 Å². The first-order valence-corrected chi connectivity index (χ1v) is 17.3. The number of nitrogens with zero attached hydrogens (tertiary/aromatic N) is 3. The number of carbonyl (C=O) groups is 2. The zero-order valence-electron chi connectivity index (χ0n) is 30.1. The van der Waals surface area contributed by atoms with E-state index in [4.69, 9.17) is 9.57 Å². The second-order valence-electron chi connectivity index (χ2n) is 15.3. The third-order valence-electron chi connectivity index (χ3n) is 11.6. The molecule has 0 unspecified atom stereocenters. The number of allylic oxidation sites excluding steroid dienone is 2. The first kappa shape index (κ1) is 35.4. The Labute approximate surface area is 281 Å². The van der Waals surface area contributed by atoms with Crippen LogP contribution in [0.3, 0.4) is 0 Å². The molecule has 0 radical (unpaired) electrons. The van der Waals surface area contributed by atoms with Crippen LogP contribution in [0.4, 0.5) is 5.69 Å². The Hall–Kier alpha value is -2.92. The molecule has 0 aromatic heterocycles. The van der Waals surface area contributed by atoms with Crippen LogP contribution in [0.2, 0.25) is 0 Å². The lowest BCUT2D eigenvalue weighted by molar-refractivity contribution is -0.170. The van der Waals surface area contributed by atoms with Gasteiger partial charge in [0, 0.05) is 62.0 Å². The van der Waals surface area contributed by atoms with Gasteiger partial charge in [-0.2, -0.15) is 5.06 Å². The molecule has 10 nitrogen and oxygen atoms in total. The zero-order chi connectivity index (χ0) is 34.4. The Bertz CT molecular complexity index is 1400. The average Bonchev–Trinajstić information content (AvgIpc) is 3.37. The van der Waals surface area contributed by atoms with Crippen LogP contribution in [0.1, 0.15) is 69.3 Å². The molecule has 5 aliphatic rings. The fraction of sp³-hybridized carbons (Fsp3) is 0.676. The van der Waals surface area contributed by atoms with Crippen molar-refractivity contribution in [1.82, 2.24) is 20.6 Å². The maximum atomic E-state index is 14.3. The average molecular weight is 652 g/mol. The summed E-state index contributed by atoms with van der Waals surface area (Å²) in [6.07, 6.45) is 4.81. The highest BCUT2D eigenvalue weighted by Gasteiger charge is 2.57. The highest BCUT2D eigenvalue weighted by atomic mass is 16.7. The van der Waals surface area contributed by atoms with E-state index in [1.165, 1.54) is 6.42 Å². The summed E-state index contributed by atoms with van der Waals surface area (Å²) in [6.45, 7) is 9.68. The molecular weight excluding hydrogens is 594 g/mol. The molecule has 1 saturated heterocycles. The molecule has 0 spiro atoms. The molecule has 2 bridgehead atoms. The fourth-order valence-electron chi connectivity index (χ4n) is 8.79. The van der Waals surface area contributed by atoms with E-state index in [0.717, 1.165) is 47.4 Å². The lowest BCUT2D eigenvalue weighted by atomic mass is 9.45. The molecule has 1 heterocycles. The first-order valence-electron chi connectivity index (χ1n) is 17.3. The molecule has 1 aromatic rings. The van der Waals surface area contributed by atoms with Crippen LogP contribution in [0.25, 0.3) is 5.57 Å². The molecule has 1 aromatic carbocycles. The SMILES string of the molecule is CNC(=O)c1cc(C2=C(OC)C(CN3O[C@@H](CN(C)C)[C@@H]([C@H](C)O)[C@H]3C(=O)N[C@H]3C[C@@H]4C[C@H]([C@@H]3C)C4(C)C)=CCC2)cc(N(C)C)c1. The molecule has 3 saturated carbocycles. The number of rotatable bonds is 11. The minimum Gasteiger partial charge on any atom is -0.496 e. The van der Waals surface area contributed by atoms with Crippen molar-refractivity contribution in [3.8, 4) is 0 Å². The molecule has 3 N–H and O–H groups in total. The van der Waals surface area contributed by atoms with Crippen LogP contribution < -0.4 is 15.5 Å². The number of likely N-dealkylation sites (N-methyl/N-ethyl adjacent to an activating group) is 1. The smallest absolute Gasteiger partial charge is 0.251 e. The number of methoxy groups -OCH3 is 1. The van der Waals surface area contributed by atoms with Crippen LogP contribution in [-0.2, 0) is 14.4 Å². The van der Waals surface area contributed by atoms with Crippen LogP contribution in [0.15, 0.2) is 35.6 Å².